The van der Waals surface area contributed by atoms with E-state index in [1.54, 1.807) is 0 Å². The summed E-state index contributed by atoms with van der Waals surface area (Å²) >= 11 is 0. The number of amides is 1. The number of hydrogen-bond acceptors (Lipinski definition) is 3. The van der Waals surface area contributed by atoms with Crippen LogP contribution in [0.25, 0.3) is 10.9 Å². The van der Waals surface area contributed by atoms with Crippen LogP contribution in [0.3, 0.4) is 0 Å². The summed E-state index contributed by atoms with van der Waals surface area (Å²) in [5, 5.41) is 1.08. The number of aromatic nitrogens is 1. The largest absolute Gasteiger partial charge is 0.333 e. The molecule has 5 rings (SSSR count). The summed E-state index contributed by atoms with van der Waals surface area (Å²) in [5.41, 5.74) is 1.47. The van der Waals surface area contributed by atoms with E-state index < -0.39 is 0 Å². The first-order valence-corrected chi connectivity index (χ1v) is 8.06. The highest BCUT2D eigenvalue weighted by atomic mass is 16.2. The summed E-state index contributed by atoms with van der Waals surface area (Å²) in [5.74, 6) is 0.698. The normalized spacial score (nSPS) is 25.4. The van der Waals surface area contributed by atoms with Crippen LogP contribution >= 0.6 is 0 Å². The van der Waals surface area contributed by atoms with Crippen molar-refractivity contribution < 1.29 is 4.79 Å². The molecule has 0 saturated carbocycles. The fourth-order valence-electron chi connectivity index (χ4n) is 3.90. The monoisotopic (exact) mass is 295 g/mol. The second-order valence-corrected chi connectivity index (χ2v) is 6.67. The second-order valence-electron chi connectivity index (χ2n) is 6.67. The van der Waals surface area contributed by atoms with Crippen molar-refractivity contribution in [2.24, 2.45) is 5.92 Å². The van der Waals surface area contributed by atoms with E-state index in [1.165, 1.54) is 6.42 Å². The molecule has 0 spiro atoms. The maximum Gasteiger partial charge on any atom is 0.272 e. The Balaban J connectivity index is 1.65. The van der Waals surface area contributed by atoms with Crippen molar-refractivity contribution >= 4 is 16.8 Å². The third-order valence-corrected chi connectivity index (χ3v) is 4.97. The fourth-order valence-corrected chi connectivity index (χ4v) is 3.90. The number of pyridine rings is 1. The molecule has 1 aromatic carbocycles. The topological polar surface area (TPSA) is 36.4 Å². The van der Waals surface area contributed by atoms with Crippen LogP contribution in [0.5, 0.6) is 0 Å². The fraction of sp³-hybridized carbons (Fsp3) is 0.444. The Morgan fingerprint density at radius 3 is 2.86 bits per heavy atom. The van der Waals surface area contributed by atoms with E-state index in [-0.39, 0.29) is 5.91 Å². The van der Waals surface area contributed by atoms with Gasteiger partial charge in [-0.1, -0.05) is 24.3 Å². The maximum atomic E-state index is 12.9. The molecule has 3 aliphatic heterocycles. The van der Waals surface area contributed by atoms with Crippen molar-refractivity contribution in [2.75, 3.05) is 26.7 Å². The molecule has 0 unspecified atom stereocenters. The van der Waals surface area contributed by atoms with Gasteiger partial charge < -0.3 is 9.80 Å². The molecule has 2 atom stereocenters. The molecule has 22 heavy (non-hydrogen) atoms. The quantitative estimate of drug-likeness (QED) is 0.810. The van der Waals surface area contributed by atoms with Crippen molar-refractivity contribution in [1.82, 2.24) is 14.8 Å². The smallest absolute Gasteiger partial charge is 0.272 e. The Bertz CT molecular complexity index is 714. The second kappa shape index (κ2) is 5.36. The van der Waals surface area contributed by atoms with Gasteiger partial charge in [0.05, 0.1) is 5.52 Å². The van der Waals surface area contributed by atoms with Crippen molar-refractivity contribution in [3.8, 4) is 0 Å². The Hall–Kier alpha value is -1.94. The van der Waals surface area contributed by atoms with Crippen LogP contribution in [-0.2, 0) is 0 Å². The molecule has 0 aliphatic carbocycles. The third kappa shape index (κ3) is 2.37. The van der Waals surface area contributed by atoms with E-state index in [0.717, 1.165) is 37.0 Å². The number of rotatable bonds is 1. The predicted octanol–water partition coefficient (Wildman–Crippen LogP) is 2.40. The first kappa shape index (κ1) is 13.7. The standard InChI is InChI=1S/C18H21N3O/c1-20-10-13-6-8-15(12-20)21(11-13)18(22)17-9-7-14-4-2-3-5-16(14)19-17/h2-5,7,9,13,15H,6,8,10-12H2,1H3/t13-,15+/m1/s1. The lowest BCUT2D eigenvalue weighted by molar-refractivity contribution is 0.0581. The van der Waals surface area contributed by atoms with Gasteiger partial charge in [0.2, 0.25) is 0 Å². The van der Waals surface area contributed by atoms with Gasteiger partial charge >= 0.3 is 0 Å². The minimum absolute atomic E-state index is 0.0933. The molecule has 3 fully saturated rings. The van der Waals surface area contributed by atoms with Crippen molar-refractivity contribution in [3.63, 3.8) is 0 Å². The highest BCUT2D eigenvalue weighted by Crippen LogP contribution is 2.28. The number of likely N-dealkylation sites (N-methyl/N-ethyl adjacent to an activating group) is 1. The predicted molar refractivity (Wildman–Crippen MR) is 86.8 cm³/mol. The maximum absolute atomic E-state index is 12.9. The summed E-state index contributed by atoms with van der Waals surface area (Å²) in [7, 11) is 2.16. The molecule has 0 radical (unpaired) electrons. The zero-order valence-electron chi connectivity index (χ0n) is 12.9. The summed E-state index contributed by atoms with van der Waals surface area (Å²) in [6, 6.07) is 12.2. The zero-order valence-corrected chi connectivity index (χ0v) is 12.9. The van der Waals surface area contributed by atoms with Crippen molar-refractivity contribution in [2.45, 2.75) is 18.9 Å². The molecule has 3 aliphatic rings. The lowest BCUT2D eigenvalue weighted by atomic mass is 9.94. The molecule has 1 amide bonds. The first-order valence-electron chi connectivity index (χ1n) is 8.06. The van der Waals surface area contributed by atoms with Gasteiger partial charge in [0.15, 0.2) is 0 Å². The van der Waals surface area contributed by atoms with Crippen molar-refractivity contribution in [3.05, 3.63) is 42.1 Å². The lowest BCUT2D eigenvalue weighted by Gasteiger charge is -2.36. The molecular weight excluding hydrogens is 274 g/mol. The summed E-state index contributed by atoms with van der Waals surface area (Å²) in [6.07, 6.45) is 2.36. The Labute approximate surface area is 130 Å². The van der Waals surface area contributed by atoms with Gasteiger partial charge in [0.1, 0.15) is 5.69 Å². The molecule has 0 N–H and O–H groups in total. The number of fused-ring (bicyclic) bond motifs is 5. The molecule has 2 aromatic rings. The number of carbonyl (C=O) groups excluding carboxylic acids is 1. The SMILES string of the molecule is CN1C[C@H]2CC[C@@H](C1)N(C(=O)c1ccc3ccccc3n1)C2. The number of nitrogens with zero attached hydrogens (tertiary/aromatic N) is 3. The minimum Gasteiger partial charge on any atom is -0.333 e. The van der Waals surface area contributed by atoms with E-state index in [0.29, 0.717) is 17.7 Å². The van der Waals surface area contributed by atoms with Crippen LogP contribution in [0.15, 0.2) is 36.4 Å². The summed E-state index contributed by atoms with van der Waals surface area (Å²) in [6.45, 7) is 2.96. The van der Waals surface area contributed by atoms with Gasteiger partial charge in [0.25, 0.3) is 5.91 Å². The van der Waals surface area contributed by atoms with Crippen LogP contribution in [0.2, 0.25) is 0 Å². The molecule has 1 aromatic heterocycles. The number of hydrogen-bond donors (Lipinski definition) is 0. The van der Waals surface area contributed by atoms with Gasteiger partial charge in [-0.05, 0) is 37.9 Å². The average molecular weight is 295 g/mol. The summed E-state index contributed by atoms with van der Waals surface area (Å²) < 4.78 is 0. The molecule has 4 heteroatoms. The zero-order chi connectivity index (χ0) is 15.1. The molecule has 4 nitrogen and oxygen atoms in total. The van der Waals surface area contributed by atoms with Crippen LogP contribution < -0.4 is 0 Å². The third-order valence-electron chi connectivity index (χ3n) is 4.97. The number of piperidine rings is 1. The Morgan fingerprint density at radius 2 is 1.95 bits per heavy atom. The van der Waals surface area contributed by atoms with Crippen LogP contribution in [0.1, 0.15) is 23.3 Å². The molecule has 2 bridgehead atoms. The van der Waals surface area contributed by atoms with Crippen LogP contribution in [0.4, 0.5) is 0 Å². The highest BCUT2D eigenvalue weighted by Gasteiger charge is 2.36. The average Bonchev–Trinajstić information content (AvgIpc) is 2.82. The van der Waals surface area contributed by atoms with Crippen LogP contribution in [-0.4, -0.2) is 53.4 Å². The van der Waals surface area contributed by atoms with Gasteiger partial charge in [-0.25, -0.2) is 4.98 Å². The Kier molecular flexibility index (Phi) is 3.34. The van der Waals surface area contributed by atoms with Gasteiger partial charge in [-0.15, -0.1) is 0 Å². The van der Waals surface area contributed by atoms with E-state index in [4.69, 9.17) is 0 Å². The molecule has 3 saturated heterocycles. The van der Waals surface area contributed by atoms with E-state index in [2.05, 4.69) is 21.8 Å². The minimum atomic E-state index is 0.0933. The van der Waals surface area contributed by atoms with E-state index in [1.807, 2.05) is 36.4 Å². The Morgan fingerprint density at radius 1 is 1.09 bits per heavy atom. The van der Waals surface area contributed by atoms with Gasteiger partial charge in [0, 0.05) is 31.1 Å². The van der Waals surface area contributed by atoms with E-state index in [9.17, 15) is 4.79 Å². The number of para-hydroxylation sites is 1. The van der Waals surface area contributed by atoms with Gasteiger partial charge in [-0.2, -0.15) is 0 Å². The first-order chi connectivity index (χ1) is 10.7. The van der Waals surface area contributed by atoms with Crippen LogP contribution in [0, 0.1) is 5.92 Å². The summed E-state index contributed by atoms with van der Waals surface area (Å²) in [4.78, 5) is 21.9. The number of benzene rings is 1. The molecule has 4 heterocycles. The molecule has 114 valence electrons. The highest BCUT2D eigenvalue weighted by molar-refractivity contribution is 5.95. The number of carbonyl (C=O) groups is 1. The van der Waals surface area contributed by atoms with Crippen molar-refractivity contribution in [1.29, 1.82) is 0 Å². The lowest BCUT2D eigenvalue weighted by Crippen LogP contribution is -2.47. The molecular formula is C18H21N3O. The van der Waals surface area contributed by atoms with Gasteiger partial charge in [-0.3, -0.25) is 4.79 Å². The van der Waals surface area contributed by atoms with E-state index >= 15 is 0 Å².